The van der Waals surface area contributed by atoms with Crippen molar-refractivity contribution in [3.63, 3.8) is 0 Å². The molecule has 0 radical (unpaired) electrons. The maximum atomic E-state index is 11.8. The van der Waals surface area contributed by atoms with Crippen molar-refractivity contribution in [3.8, 4) is 0 Å². The quantitative estimate of drug-likeness (QED) is 0.854. The number of carbonyl (C=O) groups is 1. The molecule has 1 aliphatic rings. The van der Waals surface area contributed by atoms with Gasteiger partial charge in [-0.05, 0) is 44.0 Å². The van der Waals surface area contributed by atoms with Crippen LogP contribution in [0.1, 0.15) is 18.9 Å². The molecule has 1 unspecified atom stereocenters. The Labute approximate surface area is 101 Å². The van der Waals surface area contributed by atoms with E-state index in [1.807, 2.05) is 31.2 Å². The van der Waals surface area contributed by atoms with Crippen molar-refractivity contribution < 1.29 is 4.79 Å². The Balaban J connectivity index is 2.16. The Bertz CT molecular complexity index is 442. The van der Waals surface area contributed by atoms with E-state index in [4.69, 9.17) is 5.73 Å². The lowest BCUT2D eigenvalue weighted by Crippen LogP contribution is -2.24. The van der Waals surface area contributed by atoms with Crippen LogP contribution in [0.25, 0.3) is 0 Å². The number of anilines is 1. The zero-order valence-electron chi connectivity index (χ0n) is 9.97. The van der Waals surface area contributed by atoms with Gasteiger partial charge < -0.3 is 5.73 Å². The molecule has 0 spiro atoms. The van der Waals surface area contributed by atoms with Crippen molar-refractivity contribution in [2.75, 3.05) is 11.6 Å². The average Bonchev–Trinajstić information content (AvgIpc) is 2.68. The second-order valence-corrected chi connectivity index (χ2v) is 4.27. The van der Waals surface area contributed by atoms with Crippen LogP contribution < -0.4 is 10.7 Å². The van der Waals surface area contributed by atoms with Crippen LogP contribution in [0.3, 0.4) is 0 Å². The summed E-state index contributed by atoms with van der Waals surface area (Å²) >= 11 is 0. The Morgan fingerprint density at radius 1 is 1.47 bits per heavy atom. The average molecular weight is 231 g/mol. The van der Waals surface area contributed by atoms with Gasteiger partial charge in [0.2, 0.25) is 0 Å². The second-order valence-electron chi connectivity index (χ2n) is 4.27. The summed E-state index contributed by atoms with van der Waals surface area (Å²) in [5, 5.41) is 5.59. The van der Waals surface area contributed by atoms with Crippen LogP contribution in [0.15, 0.2) is 29.4 Å². The molecule has 0 bridgehead atoms. The normalized spacial score (nSPS) is 19.1. The van der Waals surface area contributed by atoms with Crippen LogP contribution >= 0.6 is 0 Å². The molecule has 1 heterocycles. The van der Waals surface area contributed by atoms with Crippen LogP contribution in [0.5, 0.6) is 0 Å². The van der Waals surface area contributed by atoms with Crippen LogP contribution in [0.4, 0.5) is 5.69 Å². The molecule has 2 N–H and O–H groups in total. The molecule has 1 atom stereocenters. The Kier molecular flexibility index (Phi) is 3.54. The lowest BCUT2D eigenvalue weighted by Gasteiger charge is -2.14. The molecule has 0 fully saturated rings. The summed E-state index contributed by atoms with van der Waals surface area (Å²) in [5.74, 6) is -0.0938. The van der Waals surface area contributed by atoms with Crippen molar-refractivity contribution in [1.29, 1.82) is 0 Å². The summed E-state index contributed by atoms with van der Waals surface area (Å²) < 4.78 is 0. The molecule has 2 rings (SSSR count). The van der Waals surface area contributed by atoms with Gasteiger partial charge in [-0.2, -0.15) is 5.10 Å². The molecular weight excluding hydrogens is 214 g/mol. The standard InChI is InChI=1S/C13H17N3O/c1-10-9-15-16(13(10)17)12-6-2-4-11(8-12)5-3-7-14/h2,4,6,8-10H,3,5,7,14H2,1H3. The van der Waals surface area contributed by atoms with Gasteiger partial charge in [0.05, 0.1) is 11.6 Å². The first-order chi connectivity index (χ1) is 8.22. The van der Waals surface area contributed by atoms with E-state index < -0.39 is 0 Å². The van der Waals surface area contributed by atoms with E-state index in [1.54, 1.807) is 6.21 Å². The topological polar surface area (TPSA) is 58.7 Å². The number of carbonyl (C=O) groups excluding carboxylic acids is 1. The molecular formula is C13H17N3O. The minimum atomic E-state index is -0.123. The summed E-state index contributed by atoms with van der Waals surface area (Å²) in [7, 11) is 0. The number of benzene rings is 1. The van der Waals surface area contributed by atoms with Gasteiger partial charge in [0, 0.05) is 6.21 Å². The van der Waals surface area contributed by atoms with Crippen molar-refractivity contribution in [2.24, 2.45) is 16.8 Å². The van der Waals surface area contributed by atoms with Crippen LogP contribution in [-0.4, -0.2) is 18.7 Å². The van der Waals surface area contributed by atoms with Gasteiger partial charge in [0.15, 0.2) is 0 Å². The van der Waals surface area contributed by atoms with Gasteiger partial charge in [-0.25, -0.2) is 5.01 Å². The van der Waals surface area contributed by atoms with Gasteiger partial charge in [-0.1, -0.05) is 12.1 Å². The maximum absolute atomic E-state index is 11.8. The number of hydrogen-bond acceptors (Lipinski definition) is 3. The molecule has 4 nitrogen and oxygen atoms in total. The van der Waals surface area contributed by atoms with Gasteiger partial charge >= 0.3 is 0 Å². The minimum Gasteiger partial charge on any atom is -0.330 e. The fourth-order valence-corrected chi connectivity index (χ4v) is 1.82. The number of aryl methyl sites for hydroxylation is 1. The van der Waals surface area contributed by atoms with Crippen LogP contribution in [0.2, 0.25) is 0 Å². The molecule has 0 aliphatic carbocycles. The van der Waals surface area contributed by atoms with E-state index in [0.29, 0.717) is 6.54 Å². The molecule has 0 saturated heterocycles. The fraction of sp³-hybridized carbons (Fsp3) is 0.385. The van der Waals surface area contributed by atoms with E-state index in [0.717, 1.165) is 18.5 Å². The second kappa shape index (κ2) is 5.10. The number of nitrogens with two attached hydrogens (primary N) is 1. The van der Waals surface area contributed by atoms with E-state index in [2.05, 4.69) is 5.10 Å². The Hall–Kier alpha value is -1.68. The van der Waals surface area contributed by atoms with Gasteiger partial charge in [0.1, 0.15) is 0 Å². The molecule has 1 aromatic carbocycles. The first-order valence-corrected chi connectivity index (χ1v) is 5.89. The molecule has 1 amide bonds. The van der Waals surface area contributed by atoms with Crippen LogP contribution in [0, 0.1) is 5.92 Å². The van der Waals surface area contributed by atoms with Crippen molar-refractivity contribution in [1.82, 2.24) is 0 Å². The maximum Gasteiger partial charge on any atom is 0.255 e. The Morgan fingerprint density at radius 3 is 2.94 bits per heavy atom. The third kappa shape index (κ3) is 2.53. The van der Waals surface area contributed by atoms with E-state index >= 15 is 0 Å². The van der Waals surface area contributed by atoms with Crippen molar-refractivity contribution in [3.05, 3.63) is 29.8 Å². The minimum absolute atomic E-state index is 0.0287. The van der Waals surface area contributed by atoms with E-state index in [9.17, 15) is 4.79 Å². The fourth-order valence-electron chi connectivity index (χ4n) is 1.82. The number of amides is 1. The highest BCUT2D eigenvalue weighted by atomic mass is 16.2. The third-order valence-corrected chi connectivity index (χ3v) is 2.83. The highest BCUT2D eigenvalue weighted by Gasteiger charge is 2.25. The van der Waals surface area contributed by atoms with E-state index in [-0.39, 0.29) is 11.8 Å². The molecule has 1 aliphatic heterocycles. The smallest absolute Gasteiger partial charge is 0.255 e. The van der Waals surface area contributed by atoms with Gasteiger partial charge in [0.25, 0.3) is 5.91 Å². The molecule has 90 valence electrons. The predicted octanol–water partition coefficient (Wildman–Crippen LogP) is 1.55. The summed E-state index contributed by atoms with van der Waals surface area (Å²) in [6, 6.07) is 7.90. The highest BCUT2D eigenvalue weighted by molar-refractivity contribution is 6.07. The van der Waals surface area contributed by atoms with Crippen molar-refractivity contribution in [2.45, 2.75) is 19.8 Å². The number of nitrogens with zero attached hydrogens (tertiary/aromatic N) is 2. The van der Waals surface area contributed by atoms with Crippen molar-refractivity contribution >= 4 is 17.8 Å². The monoisotopic (exact) mass is 231 g/mol. The van der Waals surface area contributed by atoms with Gasteiger partial charge in [-0.15, -0.1) is 0 Å². The first-order valence-electron chi connectivity index (χ1n) is 5.89. The molecule has 0 saturated carbocycles. The Morgan fingerprint density at radius 2 is 2.29 bits per heavy atom. The summed E-state index contributed by atoms with van der Waals surface area (Å²) in [4.78, 5) is 11.8. The number of hydrazone groups is 1. The molecule has 1 aromatic rings. The first kappa shape index (κ1) is 11.8. The van der Waals surface area contributed by atoms with Crippen LogP contribution in [-0.2, 0) is 11.2 Å². The lowest BCUT2D eigenvalue weighted by molar-refractivity contribution is -0.119. The predicted molar refractivity (Wildman–Crippen MR) is 69.0 cm³/mol. The largest absolute Gasteiger partial charge is 0.330 e. The van der Waals surface area contributed by atoms with Gasteiger partial charge in [-0.3, -0.25) is 4.79 Å². The SMILES string of the molecule is CC1C=NN(c2cccc(CCCN)c2)C1=O. The number of hydrogen-bond donors (Lipinski definition) is 1. The highest BCUT2D eigenvalue weighted by Crippen LogP contribution is 2.22. The van der Waals surface area contributed by atoms with E-state index in [1.165, 1.54) is 10.6 Å². The summed E-state index contributed by atoms with van der Waals surface area (Å²) in [5.41, 5.74) is 7.52. The summed E-state index contributed by atoms with van der Waals surface area (Å²) in [6.07, 6.45) is 3.57. The molecule has 4 heteroatoms. The number of rotatable bonds is 4. The summed E-state index contributed by atoms with van der Waals surface area (Å²) in [6.45, 7) is 2.53. The molecule has 0 aromatic heterocycles. The molecule has 17 heavy (non-hydrogen) atoms. The zero-order chi connectivity index (χ0) is 12.3. The zero-order valence-corrected chi connectivity index (χ0v) is 9.97. The lowest BCUT2D eigenvalue weighted by atomic mass is 10.1. The third-order valence-electron chi connectivity index (χ3n) is 2.83.